The predicted octanol–water partition coefficient (Wildman–Crippen LogP) is 4.19. The highest BCUT2D eigenvalue weighted by atomic mass is 35.5. The van der Waals surface area contributed by atoms with Gasteiger partial charge in [0.05, 0.1) is 5.39 Å². The first-order valence-electron chi connectivity index (χ1n) is 7.36. The molecular weight excluding hydrogens is 296 g/mol. The Kier molecular flexibility index (Phi) is 4.20. The molecule has 0 N–H and O–H groups in total. The van der Waals surface area contributed by atoms with Crippen LogP contribution in [0.2, 0.25) is 5.02 Å². The monoisotopic (exact) mass is 312 g/mol. The van der Waals surface area contributed by atoms with Gasteiger partial charge in [0.2, 0.25) is 0 Å². The number of anilines is 1. The fourth-order valence-electron chi connectivity index (χ4n) is 2.47. The van der Waals surface area contributed by atoms with E-state index >= 15 is 0 Å². The minimum absolute atomic E-state index is 0.649. The molecule has 4 nitrogen and oxygen atoms in total. The molecule has 2 heterocycles. The Bertz CT molecular complexity index is 800. The van der Waals surface area contributed by atoms with E-state index in [0.29, 0.717) is 16.5 Å². The van der Waals surface area contributed by atoms with Gasteiger partial charge in [-0.25, -0.2) is 15.0 Å². The molecule has 22 heavy (non-hydrogen) atoms. The van der Waals surface area contributed by atoms with Crippen LogP contribution in [0.25, 0.3) is 22.4 Å². The molecule has 0 fully saturated rings. The fraction of sp³-hybridized carbons (Fsp3) is 0.235. The van der Waals surface area contributed by atoms with Crippen molar-refractivity contribution in [2.24, 2.45) is 0 Å². The summed E-state index contributed by atoms with van der Waals surface area (Å²) in [6, 6.07) is 11.5. The van der Waals surface area contributed by atoms with Gasteiger partial charge in [0.15, 0.2) is 11.5 Å². The molecule has 3 rings (SSSR count). The third-order valence-corrected chi connectivity index (χ3v) is 3.83. The van der Waals surface area contributed by atoms with Gasteiger partial charge in [-0.05, 0) is 38.1 Å². The molecule has 1 aromatic carbocycles. The summed E-state index contributed by atoms with van der Waals surface area (Å²) >= 11 is 6.09. The normalized spacial score (nSPS) is 10.9. The number of nitrogens with zero attached hydrogens (tertiary/aromatic N) is 4. The average Bonchev–Trinajstić information content (AvgIpc) is 2.55. The zero-order chi connectivity index (χ0) is 15.5. The first-order valence-corrected chi connectivity index (χ1v) is 7.74. The van der Waals surface area contributed by atoms with Crippen LogP contribution in [-0.4, -0.2) is 28.0 Å². The molecule has 112 valence electrons. The Balaban J connectivity index is 2.24. The topological polar surface area (TPSA) is 41.9 Å². The van der Waals surface area contributed by atoms with Crippen LogP contribution in [0.1, 0.15) is 13.8 Å². The van der Waals surface area contributed by atoms with Gasteiger partial charge in [0.25, 0.3) is 0 Å². The number of hydrogen-bond donors (Lipinski definition) is 0. The summed E-state index contributed by atoms with van der Waals surface area (Å²) in [7, 11) is 0. The highest BCUT2D eigenvalue weighted by Crippen LogP contribution is 2.27. The van der Waals surface area contributed by atoms with Gasteiger partial charge in [-0.2, -0.15) is 0 Å². The molecule has 0 saturated heterocycles. The maximum Gasteiger partial charge on any atom is 0.165 e. The Labute approximate surface area is 134 Å². The van der Waals surface area contributed by atoms with Crippen molar-refractivity contribution in [3.05, 3.63) is 47.6 Å². The van der Waals surface area contributed by atoms with Crippen LogP contribution in [0.5, 0.6) is 0 Å². The molecule has 0 aliphatic heterocycles. The molecule has 0 unspecified atom stereocenters. The molecule has 5 heteroatoms. The SMILES string of the molecule is CCN(CC)c1nc(-c2cccc(Cl)c2)nc2ncccc12. The summed E-state index contributed by atoms with van der Waals surface area (Å²) in [5.74, 6) is 1.56. The van der Waals surface area contributed by atoms with Gasteiger partial charge < -0.3 is 4.90 Å². The minimum Gasteiger partial charge on any atom is -0.356 e. The second-order valence-electron chi connectivity index (χ2n) is 4.93. The first-order chi connectivity index (χ1) is 10.7. The van der Waals surface area contributed by atoms with Crippen molar-refractivity contribution in [1.82, 2.24) is 15.0 Å². The lowest BCUT2D eigenvalue weighted by molar-refractivity contribution is 0.849. The molecule has 3 aromatic rings. The van der Waals surface area contributed by atoms with Crippen LogP contribution in [0.4, 0.5) is 5.82 Å². The zero-order valence-corrected chi connectivity index (χ0v) is 13.4. The van der Waals surface area contributed by atoms with E-state index in [9.17, 15) is 0 Å². The number of hydrogen-bond acceptors (Lipinski definition) is 4. The van der Waals surface area contributed by atoms with Crippen molar-refractivity contribution in [3.63, 3.8) is 0 Å². The smallest absolute Gasteiger partial charge is 0.165 e. The van der Waals surface area contributed by atoms with Gasteiger partial charge in [0.1, 0.15) is 5.82 Å². The van der Waals surface area contributed by atoms with Gasteiger partial charge in [0, 0.05) is 29.9 Å². The van der Waals surface area contributed by atoms with Crippen LogP contribution in [0.15, 0.2) is 42.6 Å². The Morgan fingerprint density at radius 3 is 2.59 bits per heavy atom. The van der Waals surface area contributed by atoms with Crippen LogP contribution >= 0.6 is 11.6 Å². The molecule has 0 spiro atoms. The fourth-order valence-corrected chi connectivity index (χ4v) is 2.66. The lowest BCUT2D eigenvalue weighted by Gasteiger charge is -2.21. The summed E-state index contributed by atoms with van der Waals surface area (Å²) in [5.41, 5.74) is 1.60. The van der Waals surface area contributed by atoms with Crippen molar-refractivity contribution < 1.29 is 0 Å². The van der Waals surface area contributed by atoms with Crippen molar-refractivity contribution in [1.29, 1.82) is 0 Å². The maximum absolute atomic E-state index is 6.09. The van der Waals surface area contributed by atoms with E-state index in [0.717, 1.165) is 29.9 Å². The number of rotatable bonds is 4. The molecule has 0 atom stereocenters. The Hall–Kier alpha value is -2.20. The van der Waals surface area contributed by atoms with Crippen molar-refractivity contribution in [2.75, 3.05) is 18.0 Å². The number of halogens is 1. The maximum atomic E-state index is 6.09. The zero-order valence-electron chi connectivity index (χ0n) is 12.6. The molecule has 0 radical (unpaired) electrons. The second kappa shape index (κ2) is 6.28. The molecule has 0 amide bonds. The highest BCUT2D eigenvalue weighted by Gasteiger charge is 2.14. The number of fused-ring (bicyclic) bond motifs is 1. The molecule has 0 saturated carbocycles. The van der Waals surface area contributed by atoms with Gasteiger partial charge >= 0.3 is 0 Å². The molecule has 0 bridgehead atoms. The summed E-state index contributed by atoms with van der Waals surface area (Å²) in [5, 5.41) is 1.64. The van der Waals surface area contributed by atoms with E-state index in [-0.39, 0.29) is 0 Å². The number of pyridine rings is 1. The quantitative estimate of drug-likeness (QED) is 0.724. The van der Waals surface area contributed by atoms with Gasteiger partial charge in [-0.3, -0.25) is 0 Å². The van der Waals surface area contributed by atoms with Crippen LogP contribution in [-0.2, 0) is 0 Å². The van der Waals surface area contributed by atoms with Crippen molar-refractivity contribution >= 4 is 28.5 Å². The highest BCUT2D eigenvalue weighted by molar-refractivity contribution is 6.30. The van der Waals surface area contributed by atoms with Crippen LogP contribution < -0.4 is 4.90 Å². The van der Waals surface area contributed by atoms with Gasteiger partial charge in [-0.15, -0.1) is 0 Å². The summed E-state index contributed by atoms with van der Waals surface area (Å²) in [6.07, 6.45) is 1.75. The average molecular weight is 313 g/mol. The van der Waals surface area contributed by atoms with Gasteiger partial charge in [-0.1, -0.05) is 23.7 Å². The minimum atomic E-state index is 0.649. The van der Waals surface area contributed by atoms with E-state index in [4.69, 9.17) is 16.6 Å². The first kappa shape index (κ1) is 14.7. The lowest BCUT2D eigenvalue weighted by Crippen LogP contribution is -2.23. The molecule has 0 aliphatic rings. The standard InChI is InChI=1S/C17H17ClN4/c1-3-22(4-2)17-14-9-6-10-19-16(14)20-15(21-17)12-7-5-8-13(18)11-12/h5-11H,3-4H2,1-2H3. The van der Waals surface area contributed by atoms with Crippen LogP contribution in [0.3, 0.4) is 0 Å². The summed E-state index contributed by atoms with van der Waals surface area (Å²) in [6.45, 7) is 6.00. The molecule has 0 aliphatic carbocycles. The predicted molar refractivity (Wildman–Crippen MR) is 91.3 cm³/mol. The van der Waals surface area contributed by atoms with E-state index in [1.807, 2.05) is 36.4 Å². The van der Waals surface area contributed by atoms with Crippen LogP contribution in [0, 0.1) is 0 Å². The third-order valence-electron chi connectivity index (χ3n) is 3.60. The summed E-state index contributed by atoms with van der Waals surface area (Å²) < 4.78 is 0. The number of benzene rings is 1. The van der Waals surface area contributed by atoms with Crippen molar-refractivity contribution in [2.45, 2.75) is 13.8 Å². The lowest BCUT2D eigenvalue weighted by atomic mass is 10.2. The molecular formula is C17H17ClN4. The summed E-state index contributed by atoms with van der Waals surface area (Å²) in [4.78, 5) is 16.0. The largest absolute Gasteiger partial charge is 0.356 e. The second-order valence-corrected chi connectivity index (χ2v) is 5.36. The van der Waals surface area contributed by atoms with E-state index < -0.39 is 0 Å². The third kappa shape index (κ3) is 2.74. The Morgan fingerprint density at radius 2 is 1.86 bits per heavy atom. The van der Waals surface area contributed by atoms with E-state index in [1.165, 1.54) is 0 Å². The van der Waals surface area contributed by atoms with Crippen molar-refractivity contribution in [3.8, 4) is 11.4 Å². The molecule has 2 aromatic heterocycles. The Morgan fingerprint density at radius 1 is 1.05 bits per heavy atom. The van der Waals surface area contributed by atoms with E-state index in [2.05, 4.69) is 28.7 Å². The number of aromatic nitrogens is 3. The van der Waals surface area contributed by atoms with E-state index in [1.54, 1.807) is 6.20 Å².